The third-order valence-electron chi connectivity index (χ3n) is 2.93. The van der Waals surface area contributed by atoms with E-state index in [2.05, 4.69) is 5.10 Å². The highest BCUT2D eigenvalue weighted by molar-refractivity contribution is 5.31. The highest BCUT2D eigenvalue weighted by atomic mass is 19.4. The normalized spacial score (nSPS) is 13.5. The quantitative estimate of drug-likeness (QED) is 0.882. The van der Waals surface area contributed by atoms with Crippen LogP contribution in [0.25, 0.3) is 0 Å². The fraction of sp³-hybridized carbons (Fsp3) is 0.308. The maximum absolute atomic E-state index is 13.9. The third-order valence-corrected chi connectivity index (χ3v) is 2.93. The molecule has 0 radical (unpaired) electrons. The standard InChI is InChI=1S/C13H13F4N3/c1-20-6-5-8(19-20)7-11(18)9-3-2-4-10(12(9)14)13(15,16)17/h2-6,11H,7,18H2,1H3. The zero-order valence-electron chi connectivity index (χ0n) is 10.7. The predicted molar refractivity (Wildman–Crippen MR) is 65.2 cm³/mol. The van der Waals surface area contributed by atoms with Crippen molar-refractivity contribution in [3.05, 3.63) is 53.1 Å². The summed E-state index contributed by atoms with van der Waals surface area (Å²) in [6.07, 6.45) is -2.88. The Kier molecular flexibility index (Phi) is 3.80. The van der Waals surface area contributed by atoms with Gasteiger partial charge in [-0.05, 0) is 12.1 Å². The molecule has 0 spiro atoms. The second-order valence-electron chi connectivity index (χ2n) is 4.50. The molecule has 108 valence electrons. The zero-order chi connectivity index (χ0) is 14.9. The highest BCUT2D eigenvalue weighted by Gasteiger charge is 2.35. The molecule has 0 fully saturated rings. The zero-order valence-corrected chi connectivity index (χ0v) is 10.7. The van der Waals surface area contributed by atoms with E-state index in [1.165, 1.54) is 6.07 Å². The van der Waals surface area contributed by atoms with Crippen molar-refractivity contribution < 1.29 is 17.6 Å². The van der Waals surface area contributed by atoms with Gasteiger partial charge in [-0.25, -0.2) is 4.39 Å². The summed E-state index contributed by atoms with van der Waals surface area (Å²) in [5, 5.41) is 4.07. The van der Waals surface area contributed by atoms with Gasteiger partial charge in [-0.3, -0.25) is 4.68 Å². The predicted octanol–water partition coefficient (Wildman–Crippen LogP) is 2.82. The minimum absolute atomic E-state index is 0.162. The van der Waals surface area contributed by atoms with Crippen molar-refractivity contribution >= 4 is 0 Å². The summed E-state index contributed by atoms with van der Waals surface area (Å²) in [6, 6.07) is 3.92. The van der Waals surface area contributed by atoms with E-state index >= 15 is 0 Å². The lowest BCUT2D eigenvalue weighted by atomic mass is 9.99. The first-order chi connectivity index (χ1) is 9.29. The van der Waals surface area contributed by atoms with E-state index in [-0.39, 0.29) is 12.0 Å². The van der Waals surface area contributed by atoms with Crippen LogP contribution >= 0.6 is 0 Å². The average molecular weight is 287 g/mol. The van der Waals surface area contributed by atoms with Crippen LogP contribution in [0, 0.1) is 5.82 Å². The first-order valence-electron chi connectivity index (χ1n) is 5.88. The molecule has 1 unspecified atom stereocenters. The largest absolute Gasteiger partial charge is 0.419 e. The second kappa shape index (κ2) is 5.24. The van der Waals surface area contributed by atoms with Gasteiger partial charge in [0.1, 0.15) is 5.82 Å². The topological polar surface area (TPSA) is 43.8 Å². The lowest BCUT2D eigenvalue weighted by Crippen LogP contribution is -2.18. The monoisotopic (exact) mass is 287 g/mol. The van der Waals surface area contributed by atoms with Crippen molar-refractivity contribution in [2.75, 3.05) is 0 Å². The molecule has 7 heteroatoms. The summed E-state index contributed by atoms with van der Waals surface area (Å²) in [4.78, 5) is 0. The molecular weight excluding hydrogens is 274 g/mol. The SMILES string of the molecule is Cn1ccc(CC(N)c2cccc(C(F)(F)F)c2F)n1. The minimum Gasteiger partial charge on any atom is -0.324 e. The second-order valence-corrected chi connectivity index (χ2v) is 4.50. The van der Waals surface area contributed by atoms with Crippen LogP contribution in [-0.2, 0) is 19.6 Å². The average Bonchev–Trinajstić information content (AvgIpc) is 2.73. The van der Waals surface area contributed by atoms with Crippen molar-refractivity contribution in [1.82, 2.24) is 9.78 Å². The smallest absolute Gasteiger partial charge is 0.324 e. The summed E-state index contributed by atoms with van der Waals surface area (Å²) in [7, 11) is 1.71. The number of hydrogen-bond donors (Lipinski definition) is 1. The van der Waals surface area contributed by atoms with E-state index in [1.807, 2.05) is 0 Å². The van der Waals surface area contributed by atoms with Gasteiger partial charge >= 0.3 is 6.18 Å². The van der Waals surface area contributed by atoms with Gasteiger partial charge in [0.25, 0.3) is 0 Å². The molecule has 1 aromatic carbocycles. The van der Waals surface area contributed by atoms with Crippen LogP contribution < -0.4 is 5.73 Å². The Morgan fingerprint density at radius 3 is 2.55 bits per heavy atom. The first kappa shape index (κ1) is 14.5. The fourth-order valence-electron chi connectivity index (χ4n) is 1.96. The molecule has 0 amide bonds. The number of hydrogen-bond acceptors (Lipinski definition) is 2. The van der Waals surface area contributed by atoms with Gasteiger partial charge in [0.05, 0.1) is 11.3 Å². The van der Waals surface area contributed by atoms with Gasteiger partial charge in [-0.15, -0.1) is 0 Å². The van der Waals surface area contributed by atoms with Gasteiger partial charge in [0.15, 0.2) is 0 Å². The Bertz CT molecular complexity index is 604. The van der Waals surface area contributed by atoms with Crippen molar-refractivity contribution in [3.63, 3.8) is 0 Å². The third kappa shape index (κ3) is 2.98. The first-order valence-corrected chi connectivity index (χ1v) is 5.88. The molecule has 1 heterocycles. The van der Waals surface area contributed by atoms with Gasteiger partial charge in [0.2, 0.25) is 0 Å². The fourth-order valence-corrected chi connectivity index (χ4v) is 1.96. The number of nitrogens with zero attached hydrogens (tertiary/aromatic N) is 2. The molecule has 0 bridgehead atoms. The molecule has 1 aromatic heterocycles. The van der Waals surface area contributed by atoms with Gasteiger partial charge in [0, 0.05) is 31.3 Å². The molecule has 2 aromatic rings. The van der Waals surface area contributed by atoms with E-state index < -0.39 is 23.6 Å². The van der Waals surface area contributed by atoms with Crippen LogP contribution in [0.2, 0.25) is 0 Å². The van der Waals surface area contributed by atoms with Crippen molar-refractivity contribution in [2.45, 2.75) is 18.6 Å². The van der Waals surface area contributed by atoms with Crippen molar-refractivity contribution in [3.8, 4) is 0 Å². The molecule has 20 heavy (non-hydrogen) atoms. The molecular formula is C13H13F4N3. The molecule has 1 atom stereocenters. The van der Waals surface area contributed by atoms with Gasteiger partial charge in [-0.2, -0.15) is 18.3 Å². The maximum atomic E-state index is 13.9. The van der Waals surface area contributed by atoms with Crippen molar-refractivity contribution in [1.29, 1.82) is 0 Å². The van der Waals surface area contributed by atoms with Crippen LogP contribution in [0.15, 0.2) is 30.5 Å². The highest BCUT2D eigenvalue weighted by Crippen LogP contribution is 2.33. The van der Waals surface area contributed by atoms with Crippen LogP contribution in [-0.4, -0.2) is 9.78 Å². The molecule has 3 nitrogen and oxygen atoms in total. The summed E-state index contributed by atoms with van der Waals surface area (Å²) >= 11 is 0. The van der Waals surface area contributed by atoms with E-state index in [0.717, 1.165) is 6.07 Å². The van der Waals surface area contributed by atoms with Crippen molar-refractivity contribution in [2.24, 2.45) is 12.8 Å². The lowest BCUT2D eigenvalue weighted by molar-refractivity contribution is -0.140. The molecule has 0 saturated heterocycles. The van der Waals surface area contributed by atoms with E-state index in [1.54, 1.807) is 24.0 Å². The van der Waals surface area contributed by atoms with Crippen LogP contribution in [0.5, 0.6) is 0 Å². The molecule has 0 saturated carbocycles. The lowest BCUT2D eigenvalue weighted by Gasteiger charge is -2.15. The Morgan fingerprint density at radius 1 is 1.30 bits per heavy atom. The number of aryl methyl sites for hydroxylation is 1. The Balaban J connectivity index is 2.28. The Labute approximate surface area is 113 Å². The summed E-state index contributed by atoms with van der Waals surface area (Å²) in [5.41, 5.74) is 4.93. The van der Waals surface area contributed by atoms with Crippen LogP contribution in [0.3, 0.4) is 0 Å². The molecule has 0 aliphatic heterocycles. The number of alkyl halides is 3. The van der Waals surface area contributed by atoms with E-state index in [4.69, 9.17) is 5.73 Å². The molecule has 0 aliphatic carbocycles. The Hall–Kier alpha value is -1.89. The molecule has 2 N–H and O–H groups in total. The number of benzene rings is 1. The maximum Gasteiger partial charge on any atom is 0.419 e. The Morgan fingerprint density at radius 2 is 2.00 bits per heavy atom. The molecule has 2 rings (SSSR count). The van der Waals surface area contributed by atoms with E-state index in [9.17, 15) is 17.6 Å². The van der Waals surface area contributed by atoms with Gasteiger partial charge in [-0.1, -0.05) is 12.1 Å². The number of rotatable bonds is 3. The summed E-state index contributed by atoms with van der Waals surface area (Å²) in [6.45, 7) is 0. The number of nitrogens with two attached hydrogens (primary N) is 1. The number of halogens is 4. The summed E-state index contributed by atoms with van der Waals surface area (Å²) < 4.78 is 53.3. The number of aromatic nitrogens is 2. The van der Waals surface area contributed by atoms with Crippen LogP contribution in [0.1, 0.15) is 22.9 Å². The van der Waals surface area contributed by atoms with Gasteiger partial charge < -0.3 is 5.73 Å². The molecule has 0 aliphatic rings. The van der Waals surface area contributed by atoms with E-state index in [0.29, 0.717) is 11.8 Å². The van der Waals surface area contributed by atoms with Crippen LogP contribution in [0.4, 0.5) is 17.6 Å². The summed E-state index contributed by atoms with van der Waals surface area (Å²) in [5.74, 6) is -1.32. The minimum atomic E-state index is -4.73.